The third-order valence-corrected chi connectivity index (χ3v) is 4.23. The number of aliphatic hydroxyl groups excluding tert-OH is 1. The van der Waals surface area contributed by atoms with Crippen LogP contribution in [0, 0.1) is 5.92 Å². The maximum atomic E-state index is 12.1. The number of carbonyl (C=O) groups is 2. The van der Waals surface area contributed by atoms with Gasteiger partial charge in [0.05, 0.1) is 6.10 Å². The fourth-order valence-corrected chi connectivity index (χ4v) is 2.97. The van der Waals surface area contributed by atoms with Gasteiger partial charge in [-0.1, -0.05) is 43.2 Å². The topological polar surface area (TPSA) is 86.6 Å². The molecule has 3 N–H and O–H groups in total. The lowest BCUT2D eigenvalue weighted by atomic mass is 9.84. The third kappa shape index (κ3) is 4.84. The molecule has 1 aromatic carbocycles. The van der Waals surface area contributed by atoms with E-state index >= 15 is 0 Å². The molecule has 1 fully saturated rings. The number of hydrogen-bond acceptors (Lipinski definition) is 3. The Morgan fingerprint density at radius 1 is 1.18 bits per heavy atom. The predicted molar refractivity (Wildman–Crippen MR) is 82.3 cm³/mol. The second-order valence-electron chi connectivity index (χ2n) is 5.96. The predicted octanol–water partition coefficient (Wildman–Crippen LogP) is 1.74. The number of carboxylic acid groups (broad SMARTS) is 1. The number of rotatable bonds is 6. The zero-order valence-corrected chi connectivity index (χ0v) is 12.6. The molecule has 120 valence electrons. The van der Waals surface area contributed by atoms with E-state index in [1.165, 1.54) is 0 Å². The summed E-state index contributed by atoms with van der Waals surface area (Å²) in [5.41, 5.74) is 0.868. The molecule has 22 heavy (non-hydrogen) atoms. The van der Waals surface area contributed by atoms with Gasteiger partial charge in [-0.2, -0.15) is 0 Å². The van der Waals surface area contributed by atoms with Crippen LogP contribution in [0.5, 0.6) is 0 Å². The van der Waals surface area contributed by atoms with Crippen molar-refractivity contribution in [2.24, 2.45) is 5.92 Å². The minimum atomic E-state index is -1.04. The van der Waals surface area contributed by atoms with Crippen molar-refractivity contribution in [1.29, 1.82) is 0 Å². The molecule has 0 radical (unpaired) electrons. The normalized spacial score (nSPS) is 22.8. The van der Waals surface area contributed by atoms with Crippen LogP contribution in [0.1, 0.15) is 37.7 Å². The summed E-state index contributed by atoms with van der Waals surface area (Å²) in [5.74, 6) is -1.39. The molecule has 0 aliphatic heterocycles. The van der Waals surface area contributed by atoms with E-state index in [0.717, 1.165) is 31.2 Å². The summed E-state index contributed by atoms with van der Waals surface area (Å²) in [6, 6.07) is 8.29. The molecular formula is C17H23NO4. The fraction of sp³-hybridized carbons (Fsp3) is 0.529. The third-order valence-electron chi connectivity index (χ3n) is 4.23. The van der Waals surface area contributed by atoms with Crippen LogP contribution in [0.15, 0.2) is 30.3 Å². The van der Waals surface area contributed by atoms with Gasteiger partial charge in [0.1, 0.15) is 6.04 Å². The van der Waals surface area contributed by atoms with Gasteiger partial charge in [0.15, 0.2) is 0 Å². The molecule has 1 aliphatic carbocycles. The highest BCUT2D eigenvalue weighted by Crippen LogP contribution is 2.26. The van der Waals surface area contributed by atoms with Gasteiger partial charge in [0.25, 0.3) is 0 Å². The summed E-state index contributed by atoms with van der Waals surface area (Å²) >= 11 is 0. The van der Waals surface area contributed by atoms with Gasteiger partial charge in [0, 0.05) is 12.8 Å². The van der Waals surface area contributed by atoms with E-state index in [2.05, 4.69) is 5.32 Å². The monoisotopic (exact) mass is 305 g/mol. The number of aliphatic hydroxyl groups is 1. The summed E-state index contributed by atoms with van der Waals surface area (Å²) in [7, 11) is 0. The molecule has 5 heteroatoms. The van der Waals surface area contributed by atoms with Gasteiger partial charge in [-0.25, -0.2) is 4.79 Å². The van der Waals surface area contributed by atoms with Gasteiger partial charge < -0.3 is 15.5 Å². The molecule has 1 aromatic rings. The number of aliphatic carboxylic acids is 1. The second kappa shape index (κ2) is 7.94. The Morgan fingerprint density at radius 2 is 1.86 bits per heavy atom. The van der Waals surface area contributed by atoms with Gasteiger partial charge >= 0.3 is 5.97 Å². The van der Waals surface area contributed by atoms with E-state index in [1.807, 2.05) is 30.3 Å². The van der Waals surface area contributed by atoms with Crippen LogP contribution in [0.4, 0.5) is 0 Å². The molecule has 2 rings (SSSR count). The Balaban J connectivity index is 1.90. The molecule has 1 amide bonds. The molecule has 0 aromatic heterocycles. The zero-order valence-electron chi connectivity index (χ0n) is 12.6. The van der Waals surface area contributed by atoms with Crippen LogP contribution < -0.4 is 5.32 Å². The Kier molecular flexibility index (Phi) is 5.95. The summed E-state index contributed by atoms with van der Waals surface area (Å²) in [6.07, 6.45) is 3.56. The van der Waals surface area contributed by atoms with Gasteiger partial charge in [-0.15, -0.1) is 0 Å². The first-order valence-corrected chi connectivity index (χ1v) is 7.80. The lowest BCUT2D eigenvalue weighted by Gasteiger charge is -2.27. The van der Waals surface area contributed by atoms with E-state index in [1.54, 1.807) is 0 Å². The molecule has 5 nitrogen and oxygen atoms in total. The van der Waals surface area contributed by atoms with Crippen LogP contribution in [0.25, 0.3) is 0 Å². The van der Waals surface area contributed by atoms with Crippen LogP contribution in [0.3, 0.4) is 0 Å². The van der Waals surface area contributed by atoms with Crippen LogP contribution >= 0.6 is 0 Å². The van der Waals surface area contributed by atoms with Crippen molar-refractivity contribution in [2.75, 3.05) is 0 Å². The fourth-order valence-electron chi connectivity index (χ4n) is 2.97. The largest absolute Gasteiger partial charge is 0.480 e. The maximum Gasteiger partial charge on any atom is 0.326 e. The second-order valence-corrected chi connectivity index (χ2v) is 5.96. The van der Waals surface area contributed by atoms with Crippen LogP contribution in [-0.2, 0) is 16.0 Å². The minimum absolute atomic E-state index is 0.0556. The highest BCUT2D eigenvalue weighted by molar-refractivity contribution is 5.83. The number of carbonyl (C=O) groups excluding carboxylic acids is 1. The molecular weight excluding hydrogens is 282 g/mol. The van der Waals surface area contributed by atoms with E-state index in [9.17, 15) is 19.8 Å². The Morgan fingerprint density at radius 3 is 2.50 bits per heavy atom. The highest BCUT2D eigenvalue weighted by Gasteiger charge is 2.27. The van der Waals surface area contributed by atoms with Crippen molar-refractivity contribution in [3.63, 3.8) is 0 Å². The first-order chi connectivity index (χ1) is 10.6. The molecule has 0 saturated heterocycles. The van der Waals surface area contributed by atoms with E-state index in [4.69, 9.17) is 0 Å². The zero-order chi connectivity index (χ0) is 15.9. The first kappa shape index (κ1) is 16.5. The Labute approximate surface area is 130 Å². The van der Waals surface area contributed by atoms with Crippen molar-refractivity contribution >= 4 is 11.9 Å². The summed E-state index contributed by atoms with van der Waals surface area (Å²) in [6.45, 7) is 0. The van der Waals surface area contributed by atoms with Crippen LogP contribution in [0.2, 0.25) is 0 Å². The maximum absolute atomic E-state index is 12.1. The van der Waals surface area contributed by atoms with Gasteiger partial charge in [-0.3, -0.25) is 4.79 Å². The first-order valence-electron chi connectivity index (χ1n) is 7.80. The average Bonchev–Trinajstić information content (AvgIpc) is 2.50. The highest BCUT2D eigenvalue weighted by atomic mass is 16.4. The number of nitrogens with one attached hydrogen (secondary N) is 1. The summed E-state index contributed by atoms with van der Waals surface area (Å²) in [5, 5.41) is 21.8. The molecule has 1 saturated carbocycles. The average molecular weight is 305 g/mol. The minimum Gasteiger partial charge on any atom is -0.480 e. The smallest absolute Gasteiger partial charge is 0.326 e. The number of amides is 1. The molecule has 3 atom stereocenters. The van der Waals surface area contributed by atoms with Crippen molar-refractivity contribution in [3.05, 3.63) is 35.9 Å². The van der Waals surface area contributed by atoms with Crippen molar-refractivity contribution in [2.45, 2.75) is 50.7 Å². The summed E-state index contributed by atoms with van der Waals surface area (Å²) in [4.78, 5) is 23.4. The van der Waals surface area contributed by atoms with E-state index in [0.29, 0.717) is 0 Å². The molecule has 0 unspecified atom stereocenters. The number of hydrogen-bond donors (Lipinski definition) is 3. The standard InChI is InChI=1S/C17H23NO4/c19-15-9-5-4-8-13(15)11-16(20)18-14(17(21)22)10-12-6-2-1-3-7-12/h1-3,6-7,13-15,19H,4-5,8-11H2,(H,18,20)(H,21,22)/t13-,14-,15+/m0/s1. The molecule has 1 aliphatic rings. The quantitative estimate of drug-likeness (QED) is 0.747. The SMILES string of the molecule is O=C(C[C@@H]1CCCC[C@H]1O)N[C@@H](Cc1ccccc1)C(=O)O. The lowest BCUT2D eigenvalue weighted by Crippen LogP contribution is -2.43. The molecule has 0 spiro atoms. The van der Waals surface area contributed by atoms with Crippen LogP contribution in [-0.4, -0.2) is 34.2 Å². The van der Waals surface area contributed by atoms with Crippen molar-refractivity contribution in [3.8, 4) is 0 Å². The van der Waals surface area contributed by atoms with Crippen molar-refractivity contribution < 1.29 is 19.8 Å². The number of benzene rings is 1. The lowest BCUT2D eigenvalue weighted by molar-refractivity contribution is -0.142. The number of carboxylic acids is 1. The van der Waals surface area contributed by atoms with E-state index < -0.39 is 18.1 Å². The Hall–Kier alpha value is -1.88. The van der Waals surface area contributed by atoms with Gasteiger partial charge in [-0.05, 0) is 24.3 Å². The van der Waals surface area contributed by atoms with Gasteiger partial charge in [0.2, 0.25) is 5.91 Å². The van der Waals surface area contributed by atoms with E-state index in [-0.39, 0.29) is 24.7 Å². The molecule has 0 heterocycles. The Bertz CT molecular complexity index is 503. The molecule has 0 bridgehead atoms. The summed E-state index contributed by atoms with van der Waals surface area (Å²) < 4.78 is 0. The van der Waals surface area contributed by atoms with Crippen molar-refractivity contribution in [1.82, 2.24) is 5.32 Å².